The third kappa shape index (κ3) is 3.86. The highest BCUT2D eigenvalue weighted by Crippen LogP contribution is 2.29. The lowest BCUT2D eigenvalue weighted by Crippen LogP contribution is -2.08. The number of anilines is 2. The quantitative estimate of drug-likeness (QED) is 0.763. The van der Waals surface area contributed by atoms with Crippen LogP contribution < -0.4 is 15.8 Å². The fourth-order valence-electron chi connectivity index (χ4n) is 1.72. The van der Waals surface area contributed by atoms with Crippen molar-refractivity contribution in [2.75, 3.05) is 24.2 Å². The average Bonchev–Trinajstić information content (AvgIpc) is 2.92. The van der Waals surface area contributed by atoms with Crippen LogP contribution in [0.1, 0.15) is 18.4 Å². The van der Waals surface area contributed by atoms with E-state index in [4.69, 9.17) is 10.5 Å². The number of para-hydroxylation sites is 1. The summed E-state index contributed by atoms with van der Waals surface area (Å²) < 4.78 is 5.60. The lowest BCUT2D eigenvalue weighted by atomic mass is 10.2. The third-order valence-electron chi connectivity index (χ3n) is 2.67. The Morgan fingerprint density at radius 3 is 3.05 bits per heavy atom. The topological polar surface area (TPSA) is 60.2 Å². The standard InChI is InChI=1S/C14H19N3OS/c1-2-9-18-12-5-3-4-11(14(12)15)16-7-6-13-17-8-10-19-13/h3-5,8,10,16H,2,6-7,9,15H2,1H3. The van der Waals surface area contributed by atoms with E-state index in [1.165, 1.54) is 0 Å². The molecule has 0 atom stereocenters. The van der Waals surface area contributed by atoms with Crippen LogP contribution in [0.15, 0.2) is 29.8 Å². The van der Waals surface area contributed by atoms with Crippen molar-refractivity contribution in [3.63, 3.8) is 0 Å². The molecule has 1 aromatic heterocycles. The first-order valence-electron chi connectivity index (χ1n) is 6.44. The lowest BCUT2D eigenvalue weighted by Gasteiger charge is -2.13. The van der Waals surface area contributed by atoms with Gasteiger partial charge in [0.15, 0.2) is 0 Å². The molecule has 0 aliphatic rings. The Bertz CT molecular complexity index is 499. The predicted octanol–water partition coefficient (Wildman–Crippen LogP) is 3.17. The van der Waals surface area contributed by atoms with Crippen LogP contribution in [0.4, 0.5) is 11.4 Å². The number of ether oxygens (including phenoxy) is 1. The Balaban J connectivity index is 1.92. The van der Waals surface area contributed by atoms with Gasteiger partial charge in [-0.25, -0.2) is 4.98 Å². The minimum atomic E-state index is 0.676. The summed E-state index contributed by atoms with van der Waals surface area (Å²) in [5.41, 5.74) is 7.68. The Morgan fingerprint density at radius 2 is 2.32 bits per heavy atom. The molecule has 2 rings (SSSR count). The fourth-order valence-corrected chi connectivity index (χ4v) is 2.34. The molecule has 0 bridgehead atoms. The van der Waals surface area contributed by atoms with Gasteiger partial charge < -0.3 is 15.8 Å². The summed E-state index contributed by atoms with van der Waals surface area (Å²) in [5, 5.41) is 6.45. The third-order valence-corrected chi connectivity index (χ3v) is 3.50. The van der Waals surface area contributed by atoms with Gasteiger partial charge in [0.25, 0.3) is 0 Å². The predicted molar refractivity (Wildman–Crippen MR) is 80.9 cm³/mol. The monoisotopic (exact) mass is 277 g/mol. The zero-order valence-electron chi connectivity index (χ0n) is 11.1. The van der Waals surface area contributed by atoms with Gasteiger partial charge in [0.05, 0.1) is 23.0 Å². The van der Waals surface area contributed by atoms with Crippen molar-refractivity contribution in [2.24, 2.45) is 0 Å². The Hall–Kier alpha value is -1.75. The molecule has 0 radical (unpaired) electrons. The van der Waals surface area contributed by atoms with Crippen LogP contribution in [0.25, 0.3) is 0 Å². The van der Waals surface area contributed by atoms with E-state index in [1.54, 1.807) is 11.3 Å². The van der Waals surface area contributed by atoms with Crippen LogP contribution in [0.2, 0.25) is 0 Å². The van der Waals surface area contributed by atoms with Crippen molar-refractivity contribution in [1.82, 2.24) is 4.98 Å². The summed E-state index contributed by atoms with van der Waals surface area (Å²) in [6.07, 6.45) is 3.70. The Labute approximate surface area is 117 Å². The van der Waals surface area contributed by atoms with Crippen LogP contribution in [0.3, 0.4) is 0 Å². The summed E-state index contributed by atoms with van der Waals surface area (Å²) in [5.74, 6) is 0.751. The van der Waals surface area contributed by atoms with E-state index in [0.29, 0.717) is 12.3 Å². The molecule has 2 aromatic rings. The van der Waals surface area contributed by atoms with Gasteiger partial charge in [0.2, 0.25) is 0 Å². The second kappa shape index (κ2) is 6.99. The van der Waals surface area contributed by atoms with E-state index in [0.717, 1.165) is 35.8 Å². The SMILES string of the molecule is CCCOc1cccc(NCCc2nccs2)c1N. The van der Waals surface area contributed by atoms with Gasteiger partial charge in [-0.05, 0) is 18.6 Å². The molecular formula is C14H19N3OS. The second-order valence-corrected chi connectivity index (χ2v) is 5.15. The van der Waals surface area contributed by atoms with E-state index in [-0.39, 0.29) is 0 Å². The highest BCUT2D eigenvalue weighted by atomic mass is 32.1. The maximum absolute atomic E-state index is 6.08. The smallest absolute Gasteiger partial charge is 0.144 e. The molecule has 0 amide bonds. The van der Waals surface area contributed by atoms with E-state index >= 15 is 0 Å². The number of hydrogen-bond donors (Lipinski definition) is 2. The maximum Gasteiger partial charge on any atom is 0.144 e. The van der Waals surface area contributed by atoms with E-state index in [2.05, 4.69) is 17.2 Å². The molecule has 4 nitrogen and oxygen atoms in total. The fraction of sp³-hybridized carbons (Fsp3) is 0.357. The molecule has 0 fully saturated rings. The van der Waals surface area contributed by atoms with Gasteiger partial charge in [0, 0.05) is 24.5 Å². The van der Waals surface area contributed by atoms with Crippen molar-refractivity contribution in [1.29, 1.82) is 0 Å². The van der Waals surface area contributed by atoms with Crippen molar-refractivity contribution in [3.8, 4) is 5.75 Å². The van der Waals surface area contributed by atoms with Crippen LogP contribution in [-0.4, -0.2) is 18.1 Å². The second-order valence-electron chi connectivity index (χ2n) is 4.17. The minimum Gasteiger partial charge on any atom is -0.491 e. The zero-order chi connectivity index (χ0) is 13.5. The Kier molecular flexibility index (Phi) is 5.03. The van der Waals surface area contributed by atoms with Crippen LogP contribution in [-0.2, 0) is 6.42 Å². The highest BCUT2D eigenvalue weighted by molar-refractivity contribution is 7.09. The first-order chi connectivity index (χ1) is 9.31. The average molecular weight is 277 g/mol. The number of nitrogen functional groups attached to an aromatic ring is 1. The van der Waals surface area contributed by atoms with Crippen LogP contribution in [0.5, 0.6) is 5.75 Å². The summed E-state index contributed by atoms with van der Waals surface area (Å²) in [4.78, 5) is 4.25. The number of nitrogens with zero attached hydrogens (tertiary/aromatic N) is 1. The molecule has 0 spiro atoms. The maximum atomic E-state index is 6.08. The molecule has 0 saturated carbocycles. The summed E-state index contributed by atoms with van der Waals surface area (Å²) in [6.45, 7) is 3.58. The molecule has 0 aliphatic heterocycles. The van der Waals surface area contributed by atoms with Crippen LogP contribution >= 0.6 is 11.3 Å². The number of benzene rings is 1. The van der Waals surface area contributed by atoms with E-state index < -0.39 is 0 Å². The molecule has 1 heterocycles. The Morgan fingerprint density at radius 1 is 1.42 bits per heavy atom. The van der Waals surface area contributed by atoms with Crippen molar-refractivity contribution >= 4 is 22.7 Å². The van der Waals surface area contributed by atoms with Gasteiger partial charge in [-0.3, -0.25) is 0 Å². The van der Waals surface area contributed by atoms with Crippen molar-refractivity contribution < 1.29 is 4.74 Å². The number of hydrogen-bond acceptors (Lipinski definition) is 5. The number of aromatic nitrogens is 1. The summed E-state index contributed by atoms with van der Waals surface area (Å²) in [6, 6.07) is 5.82. The number of rotatable bonds is 7. The lowest BCUT2D eigenvalue weighted by molar-refractivity contribution is 0.319. The van der Waals surface area contributed by atoms with Crippen molar-refractivity contribution in [3.05, 3.63) is 34.8 Å². The molecular weight excluding hydrogens is 258 g/mol. The van der Waals surface area contributed by atoms with Crippen LogP contribution in [0, 0.1) is 0 Å². The normalized spacial score (nSPS) is 10.4. The number of nitrogens with two attached hydrogens (primary N) is 1. The van der Waals surface area contributed by atoms with E-state index in [9.17, 15) is 0 Å². The molecule has 3 N–H and O–H groups in total. The van der Waals surface area contributed by atoms with Gasteiger partial charge in [-0.15, -0.1) is 11.3 Å². The molecule has 5 heteroatoms. The molecule has 19 heavy (non-hydrogen) atoms. The van der Waals surface area contributed by atoms with Gasteiger partial charge in [0.1, 0.15) is 5.75 Å². The molecule has 0 aliphatic carbocycles. The molecule has 102 valence electrons. The largest absolute Gasteiger partial charge is 0.491 e. The number of thiazole rings is 1. The van der Waals surface area contributed by atoms with Crippen molar-refractivity contribution in [2.45, 2.75) is 19.8 Å². The first-order valence-corrected chi connectivity index (χ1v) is 7.32. The first kappa shape index (κ1) is 13.7. The van der Waals surface area contributed by atoms with Gasteiger partial charge >= 0.3 is 0 Å². The highest BCUT2D eigenvalue weighted by Gasteiger charge is 2.05. The molecule has 1 aromatic carbocycles. The summed E-state index contributed by atoms with van der Waals surface area (Å²) in [7, 11) is 0. The number of nitrogens with one attached hydrogen (secondary N) is 1. The van der Waals surface area contributed by atoms with E-state index in [1.807, 2.05) is 29.8 Å². The molecule has 0 saturated heterocycles. The van der Waals surface area contributed by atoms with Gasteiger partial charge in [-0.2, -0.15) is 0 Å². The molecule has 0 unspecified atom stereocenters. The van der Waals surface area contributed by atoms with Gasteiger partial charge in [-0.1, -0.05) is 13.0 Å². The summed E-state index contributed by atoms with van der Waals surface area (Å²) >= 11 is 1.67. The zero-order valence-corrected chi connectivity index (χ0v) is 11.9. The minimum absolute atomic E-state index is 0.676.